The Hall–Kier alpha value is -1.90. The van der Waals surface area contributed by atoms with Gasteiger partial charge in [-0.1, -0.05) is 30.3 Å². The van der Waals surface area contributed by atoms with Gasteiger partial charge in [-0.2, -0.15) is 5.10 Å². The van der Waals surface area contributed by atoms with Crippen LogP contribution in [0.3, 0.4) is 0 Å². The second kappa shape index (κ2) is 4.75. The molecule has 0 bridgehead atoms. The molecule has 1 N–H and O–H groups in total. The van der Waals surface area contributed by atoms with E-state index in [0.717, 1.165) is 23.6 Å². The van der Waals surface area contributed by atoms with Crippen LogP contribution < -0.4 is 5.32 Å². The Kier molecular flexibility index (Phi) is 3.15. The third-order valence-corrected chi connectivity index (χ3v) is 2.55. The summed E-state index contributed by atoms with van der Waals surface area (Å²) in [5.74, 6) is 0.826. The highest BCUT2D eigenvalue weighted by Gasteiger charge is 1.98. The first kappa shape index (κ1) is 10.6. The molecule has 82 valence electrons. The second-order valence-corrected chi connectivity index (χ2v) is 3.84. The van der Waals surface area contributed by atoms with Crippen LogP contribution in [0.5, 0.6) is 0 Å². The fraction of sp³-hybridized carbons (Fsp3) is 0.231. The van der Waals surface area contributed by atoms with Crippen molar-refractivity contribution in [3.8, 4) is 0 Å². The number of nitrogens with zero attached hydrogens (tertiary/aromatic N) is 2. The zero-order valence-corrected chi connectivity index (χ0v) is 9.57. The van der Waals surface area contributed by atoms with E-state index in [4.69, 9.17) is 0 Å². The number of anilines is 1. The standard InChI is InChI=1S/C13H15N3/c1-10-8-13(16-15-11(10)2)14-9-12-6-4-3-5-7-12/h3-8H,9H2,1-2H3,(H,14,16). The Morgan fingerprint density at radius 3 is 2.50 bits per heavy atom. The van der Waals surface area contributed by atoms with Gasteiger partial charge in [0.05, 0.1) is 5.69 Å². The van der Waals surface area contributed by atoms with Crippen LogP contribution in [0.2, 0.25) is 0 Å². The van der Waals surface area contributed by atoms with Crippen LogP contribution in [0.15, 0.2) is 36.4 Å². The Morgan fingerprint density at radius 2 is 1.81 bits per heavy atom. The minimum atomic E-state index is 0.776. The summed E-state index contributed by atoms with van der Waals surface area (Å²) in [5, 5.41) is 11.4. The highest BCUT2D eigenvalue weighted by Crippen LogP contribution is 2.09. The SMILES string of the molecule is Cc1cc(NCc2ccccc2)nnc1C. The van der Waals surface area contributed by atoms with Gasteiger partial charge in [0, 0.05) is 6.54 Å². The van der Waals surface area contributed by atoms with Gasteiger partial charge in [0.15, 0.2) is 0 Å². The summed E-state index contributed by atoms with van der Waals surface area (Å²) in [7, 11) is 0. The maximum atomic E-state index is 4.09. The van der Waals surface area contributed by atoms with E-state index in [9.17, 15) is 0 Å². The summed E-state index contributed by atoms with van der Waals surface area (Å²) in [6, 6.07) is 12.3. The molecule has 0 saturated carbocycles. The van der Waals surface area contributed by atoms with E-state index in [1.807, 2.05) is 38.1 Å². The van der Waals surface area contributed by atoms with Crippen molar-refractivity contribution in [2.24, 2.45) is 0 Å². The van der Waals surface area contributed by atoms with Crippen LogP contribution >= 0.6 is 0 Å². The second-order valence-electron chi connectivity index (χ2n) is 3.84. The lowest BCUT2D eigenvalue weighted by molar-refractivity contribution is 0.947. The topological polar surface area (TPSA) is 37.8 Å². The molecule has 0 saturated heterocycles. The Morgan fingerprint density at radius 1 is 1.06 bits per heavy atom. The molecule has 0 fully saturated rings. The van der Waals surface area contributed by atoms with Crippen LogP contribution in [0.1, 0.15) is 16.8 Å². The van der Waals surface area contributed by atoms with Crippen LogP contribution in [-0.2, 0) is 6.54 Å². The summed E-state index contributed by atoms with van der Waals surface area (Å²) in [5.41, 5.74) is 3.37. The number of hydrogen-bond acceptors (Lipinski definition) is 3. The maximum Gasteiger partial charge on any atom is 0.149 e. The number of aromatic nitrogens is 2. The van der Waals surface area contributed by atoms with Gasteiger partial charge in [-0.15, -0.1) is 5.10 Å². The Labute approximate surface area is 95.5 Å². The van der Waals surface area contributed by atoms with E-state index in [1.54, 1.807) is 0 Å². The Bertz CT molecular complexity index is 466. The molecular weight excluding hydrogens is 198 g/mol. The average molecular weight is 213 g/mol. The van der Waals surface area contributed by atoms with Crippen molar-refractivity contribution in [3.05, 3.63) is 53.2 Å². The van der Waals surface area contributed by atoms with Crippen molar-refractivity contribution in [1.29, 1.82) is 0 Å². The molecule has 0 aliphatic carbocycles. The van der Waals surface area contributed by atoms with Crippen molar-refractivity contribution in [1.82, 2.24) is 10.2 Å². The Balaban J connectivity index is 2.03. The molecule has 0 atom stereocenters. The van der Waals surface area contributed by atoms with E-state index in [-0.39, 0.29) is 0 Å². The molecule has 0 spiro atoms. The van der Waals surface area contributed by atoms with Crippen LogP contribution in [0, 0.1) is 13.8 Å². The van der Waals surface area contributed by atoms with Gasteiger partial charge in [0.2, 0.25) is 0 Å². The molecule has 16 heavy (non-hydrogen) atoms. The predicted molar refractivity (Wildman–Crippen MR) is 65.3 cm³/mol. The van der Waals surface area contributed by atoms with Gasteiger partial charge in [0.25, 0.3) is 0 Å². The lowest BCUT2D eigenvalue weighted by Crippen LogP contribution is -2.03. The van der Waals surface area contributed by atoms with Gasteiger partial charge in [-0.25, -0.2) is 0 Å². The van der Waals surface area contributed by atoms with Crippen LogP contribution in [0.25, 0.3) is 0 Å². The summed E-state index contributed by atoms with van der Waals surface area (Å²) in [6.45, 7) is 4.78. The first-order chi connectivity index (χ1) is 7.75. The fourth-order valence-corrected chi connectivity index (χ4v) is 1.42. The van der Waals surface area contributed by atoms with Gasteiger partial charge < -0.3 is 5.32 Å². The number of benzene rings is 1. The van der Waals surface area contributed by atoms with Crippen molar-refractivity contribution in [3.63, 3.8) is 0 Å². The van der Waals surface area contributed by atoms with Crippen molar-refractivity contribution in [2.45, 2.75) is 20.4 Å². The fourth-order valence-electron chi connectivity index (χ4n) is 1.42. The normalized spacial score (nSPS) is 10.1. The molecule has 1 aromatic carbocycles. The highest BCUT2D eigenvalue weighted by atomic mass is 15.2. The molecule has 0 aliphatic heterocycles. The molecule has 3 nitrogen and oxygen atoms in total. The van der Waals surface area contributed by atoms with Gasteiger partial charge in [-0.3, -0.25) is 0 Å². The first-order valence-corrected chi connectivity index (χ1v) is 5.34. The first-order valence-electron chi connectivity index (χ1n) is 5.34. The molecule has 0 unspecified atom stereocenters. The van der Waals surface area contributed by atoms with E-state index >= 15 is 0 Å². The number of nitrogens with one attached hydrogen (secondary N) is 1. The summed E-state index contributed by atoms with van der Waals surface area (Å²) in [6.07, 6.45) is 0. The highest BCUT2D eigenvalue weighted by molar-refractivity contribution is 5.38. The molecule has 1 aromatic heterocycles. The monoisotopic (exact) mass is 213 g/mol. The van der Waals surface area contributed by atoms with Gasteiger partial charge >= 0.3 is 0 Å². The van der Waals surface area contributed by atoms with E-state index in [2.05, 4.69) is 27.6 Å². The van der Waals surface area contributed by atoms with Crippen LogP contribution in [-0.4, -0.2) is 10.2 Å². The van der Waals surface area contributed by atoms with Gasteiger partial charge in [0.1, 0.15) is 5.82 Å². The zero-order chi connectivity index (χ0) is 11.4. The predicted octanol–water partition coefficient (Wildman–Crippen LogP) is 2.71. The molecule has 1 heterocycles. The minimum absolute atomic E-state index is 0.776. The molecule has 3 heteroatoms. The number of hydrogen-bond donors (Lipinski definition) is 1. The lowest BCUT2D eigenvalue weighted by Gasteiger charge is -2.06. The number of rotatable bonds is 3. The number of aryl methyl sites for hydroxylation is 2. The summed E-state index contributed by atoms with van der Waals surface area (Å²) >= 11 is 0. The average Bonchev–Trinajstić information content (AvgIpc) is 2.32. The third kappa shape index (κ3) is 2.57. The summed E-state index contributed by atoms with van der Waals surface area (Å²) < 4.78 is 0. The zero-order valence-electron chi connectivity index (χ0n) is 9.57. The molecule has 0 radical (unpaired) electrons. The third-order valence-electron chi connectivity index (χ3n) is 2.55. The largest absolute Gasteiger partial charge is 0.364 e. The van der Waals surface area contributed by atoms with Crippen molar-refractivity contribution >= 4 is 5.82 Å². The maximum absolute atomic E-state index is 4.09. The van der Waals surface area contributed by atoms with Gasteiger partial charge in [-0.05, 0) is 31.0 Å². The minimum Gasteiger partial charge on any atom is -0.364 e. The van der Waals surface area contributed by atoms with Crippen LogP contribution in [0.4, 0.5) is 5.82 Å². The van der Waals surface area contributed by atoms with E-state index < -0.39 is 0 Å². The molecule has 2 rings (SSSR count). The molecular formula is C13H15N3. The molecule has 2 aromatic rings. The van der Waals surface area contributed by atoms with Crippen molar-refractivity contribution in [2.75, 3.05) is 5.32 Å². The summed E-state index contributed by atoms with van der Waals surface area (Å²) in [4.78, 5) is 0. The molecule has 0 aliphatic rings. The lowest BCUT2D eigenvalue weighted by atomic mass is 10.2. The van der Waals surface area contributed by atoms with E-state index in [1.165, 1.54) is 5.56 Å². The smallest absolute Gasteiger partial charge is 0.149 e. The van der Waals surface area contributed by atoms with Crippen molar-refractivity contribution < 1.29 is 0 Å². The van der Waals surface area contributed by atoms with E-state index in [0.29, 0.717) is 0 Å². The molecule has 0 amide bonds. The quantitative estimate of drug-likeness (QED) is 0.851.